The summed E-state index contributed by atoms with van der Waals surface area (Å²) < 4.78 is 7.04. The number of carbonyl (C=O) groups excluding carboxylic acids is 1. The van der Waals surface area contributed by atoms with Gasteiger partial charge >= 0.3 is 0 Å². The molecule has 0 aliphatic rings. The van der Waals surface area contributed by atoms with E-state index in [2.05, 4.69) is 13.8 Å². The first kappa shape index (κ1) is 22.5. The van der Waals surface area contributed by atoms with Crippen LogP contribution in [-0.2, 0) is 0 Å². The van der Waals surface area contributed by atoms with Crippen molar-refractivity contribution in [2.75, 3.05) is 6.54 Å². The van der Waals surface area contributed by atoms with Gasteiger partial charge in [-0.25, -0.2) is 4.98 Å². The number of hydrogen-bond donors (Lipinski definition) is 0. The van der Waals surface area contributed by atoms with Gasteiger partial charge in [-0.15, -0.1) is 0 Å². The van der Waals surface area contributed by atoms with Gasteiger partial charge in [-0.05, 0) is 74.2 Å². The maximum atomic E-state index is 13.7. The van der Waals surface area contributed by atoms with Crippen LogP contribution in [0.4, 0.5) is 0 Å². The molecule has 0 N–H and O–H groups in total. The fourth-order valence-electron chi connectivity index (χ4n) is 4.04. The van der Waals surface area contributed by atoms with Crippen LogP contribution in [0.1, 0.15) is 54.3 Å². The first-order valence-corrected chi connectivity index (χ1v) is 11.2. The summed E-state index contributed by atoms with van der Waals surface area (Å²) in [6.45, 7) is 10.6. The van der Waals surface area contributed by atoms with E-state index in [0.717, 1.165) is 16.8 Å². The molecular weight excluding hydrogens is 414 g/mol. The molecule has 33 heavy (non-hydrogen) atoms. The first-order valence-electron chi connectivity index (χ1n) is 11.2. The van der Waals surface area contributed by atoms with Gasteiger partial charge < -0.3 is 9.32 Å². The maximum absolute atomic E-state index is 13.7. The normalized spacial score (nSPS) is 12.3. The molecule has 1 atom stereocenters. The summed E-state index contributed by atoms with van der Waals surface area (Å²) in [6, 6.07) is 16.1. The van der Waals surface area contributed by atoms with Gasteiger partial charge in [0.1, 0.15) is 5.82 Å². The van der Waals surface area contributed by atoms with Gasteiger partial charge in [0.25, 0.3) is 11.5 Å². The molecule has 0 aliphatic carbocycles. The van der Waals surface area contributed by atoms with Crippen molar-refractivity contribution in [3.8, 4) is 5.69 Å². The van der Waals surface area contributed by atoms with Gasteiger partial charge in [0.2, 0.25) is 0 Å². The number of aromatic nitrogens is 2. The largest absolute Gasteiger partial charge is 0.459 e. The van der Waals surface area contributed by atoms with Crippen LogP contribution >= 0.6 is 0 Å². The summed E-state index contributed by atoms with van der Waals surface area (Å²) >= 11 is 0. The smallest absolute Gasteiger partial charge is 0.290 e. The van der Waals surface area contributed by atoms with Crippen LogP contribution in [0.15, 0.2) is 70.1 Å². The highest BCUT2D eigenvalue weighted by molar-refractivity contribution is 5.91. The van der Waals surface area contributed by atoms with Crippen molar-refractivity contribution in [1.29, 1.82) is 0 Å². The summed E-state index contributed by atoms with van der Waals surface area (Å²) in [4.78, 5) is 33.7. The van der Waals surface area contributed by atoms with Crippen molar-refractivity contribution < 1.29 is 9.21 Å². The Morgan fingerprint density at radius 1 is 1.03 bits per heavy atom. The highest BCUT2D eigenvalue weighted by Gasteiger charge is 2.29. The molecule has 6 heteroatoms. The van der Waals surface area contributed by atoms with Gasteiger partial charge in [0.05, 0.1) is 28.9 Å². The standard InChI is InChI=1S/C27H29N3O3/c1-17(2)16-29(27(32)24-11-8-14-33-24)20(5)25-28-23-10-7-6-9-22(23)26(31)30(25)21-13-12-18(3)19(4)15-21/h6-15,17,20H,16H2,1-5H3. The summed E-state index contributed by atoms with van der Waals surface area (Å²) in [6.07, 6.45) is 1.49. The van der Waals surface area contributed by atoms with E-state index < -0.39 is 6.04 Å². The molecule has 0 fully saturated rings. The molecule has 0 spiro atoms. The van der Waals surface area contributed by atoms with Crippen molar-refractivity contribution in [3.05, 3.63) is 93.9 Å². The second-order valence-electron chi connectivity index (χ2n) is 8.90. The molecule has 0 aliphatic heterocycles. The Balaban J connectivity index is 1.94. The molecule has 1 amide bonds. The quantitative estimate of drug-likeness (QED) is 0.397. The Hall–Kier alpha value is -3.67. The molecule has 6 nitrogen and oxygen atoms in total. The monoisotopic (exact) mass is 443 g/mol. The van der Waals surface area contributed by atoms with Crippen molar-refractivity contribution in [1.82, 2.24) is 14.5 Å². The van der Waals surface area contributed by atoms with E-state index in [1.807, 2.05) is 57.2 Å². The minimum absolute atomic E-state index is 0.152. The molecule has 0 saturated carbocycles. The van der Waals surface area contributed by atoms with Crippen LogP contribution < -0.4 is 5.56 Å². The number of rotatable bonds is 6. The van der Waals surface area contributed by atoms with E-state index in [0.29, 0.717) is 23.3 Å². The molecular formula is C27H29N3O3. The Bertz CT molecular complexity index is 1350. The number of carbonyl (C=O) groups is 1. The van der Waals surface area contributed by atoms with Gasteiger partial charge in [-0.3, -0.25) is 14.2 Å². The lowest BCUT2D eigenvalue weighted by Crippen LogP contribution is -2.39. The molecule has 0 bridgehead atoms. The van der Waals surface area contributed by atoms with E-state index in [1.54, 1.807) is 27.7 Å². The summed E-state index contributed by atoms with van der Waals surface area (Å²) in [7, 11) is 0. The average Bonchev–Trinajstić information content (AvgIpc) is 3.33. The lowest BCUT2D eigenvalue weighted by atomic mass is 10.1. The number of furan rings is 1. The molecule has 2 heterocycles. The maximum Gasteiger partial charge on any atom is 0.290 e. The molecule has 4 rings (SSSR count). The van der Waals surface area contributed by atoms with Crippen LogP contribution in [0, 0.1) is 19.8 Å². The molecule has 0 radical (unpaired) electrons. The van der Waals surface area contributed by atoms with E-state index in [-0.39, 0.29) is 23.1 Å². The zero-order valence-corrected chi connectivity index (χ0v) is 19.7. The van der Waals surface area contributed by atoms with Crippen LogP contribution in [0.2, 0.25) is 0 Å². The summed E-state index contributed by atoms with van der Waals surface area (Å²) in [5, 5.41) is 0.541. The number of nitrogens with zero attached hydrogens (tertiary/aromatic N) is 3. The number of hydrogen-bond acceptors (Lipinski definition) is 4. The van der Waals surface area contributed by atoms with Crippen molar-refractivity contribution in [3.63, 3.8) is 0 Å². The van der Waals surface area contributed by atoms with Crippen molar-refractivity contribution in [2.24, 2.45) is 5.92 Å². The van der Waals surface area contributed by atoms with Gasteiger partial charge in [0, 0.05) is 6.54 Å². The fraction of sp³-hybridized carbons (Fsp3) is 0.296. The fourth-order valence-corrected chi connectivity index (χ4v) is 4.04. The zero-order chi connectivity index (χ0) is 23.7. The zero-order valence-electron chi connectivity index (χ0n) is 19.7. The molecule has 0 saturated heterocycles. The Labute approximate surface area is 193 Å². The van der Waals surface area contributed by atoms with Crippen molar-refractivity contribution >= 4 is 16.8 Å². The first-order chi connectivity index (χ1) is 15.8. The van der Waals surface area contributed by atoms with E-state index in [9.17, 15) is 9.59 Å². The Kier molecular flexibility index (Phi) is 6.18. The van der Waals surface area contributed by atoms with E-state index in [4.69, 9.17) is 9.40 Å². The van der Waals surface area contributed by atoms with Gasteiger partial charge in [0.15, 0.2) is 5.76 Å². The van der Waals surface area contributed by atoms with Crippen LogP contribution in [0.5, 0.6) is 0 Å². The van der Waals surface area contributed by atoms with Crippen LogP contribution in [0.25, 0.3) is 16.6 Å². The highest BCUT2D eigenvalue weighted by Crippen LogP contribution is 2.26. The van der Waals surface area contributed by atoms with E-state index >= 15 is 0 Å². The van der Waals surface area contributed by atoms with E-state index in [1.165, 1.54) is 6.26 Å². The Morgan fingerprint density at radius 3 is 2.45 bits per heavy atom. The minimum atomic E-state index is -0.469. The molecule has 1 unspecified atom stereocenters. The van der Waals surface area contributed by atoms with Crippen LogP contribution in [0.3, 0.4) is 0 Å². The number of benzene rings is 2. The predicted molar refractivity (Wildman–Crippen MR) is 130 cm³/mol. The predicted octanol–water partition coefficient (Wildman–Crippen LogP) is 5.45. The SMILES string of the molecule is Cc1ccc(-n2c(C(C)N(CC(C)C)C(=O)c3ccco3)nc3ccccc3c2=O)cc1C. The Morgan fingerprint density at radius 2 is 1.79 bits per heavy atom. The third kappa shape index (κ3) is 4.33. The number of fused-ring (bicyclic) bond motifs is 1. The summed E-state index contributed by atoms with van der Waals surface area (Å²) in [5.74, 6) is 0.773. The van der Waals surface area contributed by atoms with Gasteiger partial charge in [-0.2, -0.15) is 0 Å². The van der Waals surface area contributed by atoms with Crippen molar-refractivity contribution in [2.45, 2.75) is 40.7 Å². The lowest BCUT2D eigenvalue weighted by Gasteiger charge is -2.31. The van der Waals surface area contributed by atoms with Gasteiger partial charge in [-0.1, -0.05) is 32.0 Å². The molecule has 170 valence electrons. The second-order valence-corrected chi connectivity index (χ2v) is 8.90. The lowest BCUT2D eigenvalue weighted by molar-refractivity contribution is 0.0622. The highest BCUT2D eigenvalue weighted by atomic mass is 16.3. The average molecular weight is 444 g/mol. The summed E-state index contributed by atoms with van der Waals surface area (Å²) in [5.41, 5.74) is 3.42. The number of aryl methyl sites for hydroxylation is 2. The number of amides is 1. The third-order valence-electron chi connectivity index (χ3n) is 5.95. The number of para-hydroxylation sites is 1. The topological polar surface area (TPSA) is 68.3 Å². The molecule has 2 aromatic heterocycles. The van der Waals surface area contributed by atoms with Crippen LogP contribution in [-0.4, -0.2) is 26.9 Å². The molecule has 4 aromatic rings. The molecule has 2 aromatic carbocycles. The minimum Gasteiger partial charge on any atom is -0.459 e. The third-order valence-corrected chi connectivity index (χ3v) is 5.95. The second kappa shape index (κ2) is 9.06.